The SMILES string of the molecule is CCOC(=O)N1CCc2c(sc(NC(=O)c3ccc4nccnc4c3)c2C(=O)OC)C1. The standard InChI is InChI=1S/C21H20N4O5S/c1-3-30-21(28)25-9-6-13-16(11-25)31-19(17(13)20(27)29-2)24-18(26)12-4-5-14-15(10-12)23-8-7-22-14/h4-5,7-8,10H,3,6,9,11H2,1-2H3,(H,24,26). The van der Waals surface area contributed by atoms with Crippen molar-refractivity contribution in [2.45, 2.75) is 19.9 Å². The lowest BCUT2D eigenvalue weighted by Gasteiger charge is -2.26. The molecule has 4 rings (SSSR count). The number of rotatable bonds is 4. The lowest BCUT2D eigenvalue weighted by Crippen LogP contribution is -2.36. The number of aromatic nitrogens is 2. The number of carbonyl (C=O) groups is 3. The fourth-order valence-corrected chi connectivity index (χ4v) is 4.71. The van der Waals surface area contributed by atoms with Gasteiger partial charge in [0.25, 0.3) is 5.91 Å². The van der Waals surface area contributed by atoms with E-state index in [1.807, 2.05) is 0 Å². The summed E-state index contributed by atoms with van der Waals surface area (Å²) < 4.78 is 10.0. The zero-order valence-corrected chi connectivity index (χ0v) is 17.8. The van der Waals surface area contributed by atoms with Crippen LogP contribution in [0.15, 0.2) is 30.6 Å². The second-order valence-corrected chi connectivity index (χ2v) is 7.89. The number of thiophene rings is 1. The number of amides is 2. The zero-order valence-electron chi connectivity index (χ0n) is 17.0. The van der Waals surface area contributed by atoms with Crippen LogP contribution >= 0.6 is 11.3 Å². The van der Waals surface area contributed by atoms with Crippen LogP contribution in [-0.2, 0) is 22.4 Å². The average molecular weight is 440 g/mol. The van der Waals surface area contributed by atoms with Crippen molar-refractivity contribution in [1.29, 1.82) is 0 Å². The van der Waals surface area contributed by atoms with E-state index in [9.17, 15) is 14.4 Å². The van der Waals surface area contributed by atoms with Gasteiger partial charge in [-0.15, -0.1) is 11.3 Å². The molecular formula is C21H20N4O5S. The second-order valence-electron chi connectivity index (χ2n) is 6.78. The van der Waals surface area contributed by atoms with Gasteiger partial charge in [0.15, 0.2) is 0 Å². The van der Waals surface area contributed by atoms with Crippen molar-refractivity contribution < 1.29 is 23.9 Å². The lowest BCUT2D eigenvalue weighted by molar-refractivity contribution is 0.0600. The summed E-state index contributed by atoms with van der Waals surface area (Å²) in [7, 11) is 1.30. The molecule has 0 fully saturated rings. The smallest absolute Gasteiger partial charge is 0.410 e. The van der Waals surface area contributed by atoms with E-state index < -0.39 is 12.1 Å². The number of fused-ring (bicyclic) bond motifs is 2. The van der Waals surface area contributed by atoms with Crippen LogP contribution in [0, 0.1) is 0 Å². The van der Waals surface area contributed by atoms with Crippen LogP contribution in [0.4, 0.5) is 9.80 Å². The molecule has 0 spiro atoms. The molecule has 0 saturated carbocycles. The molecule has 31 heavy (non-hydrogen) atoms. The van der Waals surface area contributed by atoms with Crippen molar-refractivity contribution in [3.63, 3.8) is 0 Å². The number of methoxy groups -OCH3 is 1. The van der Waals surface area contributed by atoms with Gasteiger partial charge in [-0.3, -0.25) is 14.8 Å². The Morgan fingerprint density at radius 2 is 1.97 bits per heavy atom. The van der Waals surface area contributed by atoms with Crippen LogP contribution < -0.4 is 5.32 Å². The first-order chi connectivity index (χ1) is 15.0. The summed E-state index contributed by atoms with van der Waals surface area (Å²) in [4.78, 5) is 48.3. The van der Waals surface area contributed by atoms with Crippen LogP contribution in [0.5, 0.6) is 0 Å². The average Bonchev–Trinajstić information content (AvgIpc) is 3.15. The van der Waals surface area contributed by atoms with E-state index >= 15 is 0 Å². The van der Waals surface area contributed by atoms with E-state index in [0.29, 0.717) is 46.7 Å². The molecule has 0 atom stereocenters. The minimum atomic E-state index is -0.526. The van der Waals surface area contributed by atoms with Gasteiger partial charge in [-0.1, -0.05) is 0 Å². The summed E-state index contributed by atoms with van der Waals surface area (Å²) >= 11 is 1.26. The zero-order chi connectivity index (χ0) is 22.0. The molecule has 1 aromatic carbocycles. The maximum Gasteiger partial charge on any atom is 0.410 e. The predicted molar refractivity (Wildman–Crippen MR) is 114 cm³/mol. The number of ether oxygens (including phenoxy) is 2. The van der Waals surface area contributed by atoms with Gasteiger partial charge < -0.3 is 19.7 Å². The van der Waals surface area contributed by atoms with E-state index in [-0.39, 0.29) is 12.5 Å². The van der Waals surface area contributed by atoms with E-state index in [1.165, 1.54) is 18.4 Å². The molecule has 10 heteroatoms. The summed E-state index contributed by atoms with van der Waals surface area (Å²) in [5.41, 5.74) is 2.79. The quantitative estimate of drug-likeness (QED) is 0.620. The molecule has 9 nitrogen and oxygen atoms in total. The first-order valence-corrected chi connectivity index (χ1v) is 10.5. The van der Waals surface area contributed by atoms with Gasteiger partial charge in [-0.2, -0.15) is 0 Å². The number of benzene rings is 1. The third-order valence-corrected chi connectivity index (χ3v) is 6.06. The van der Waals surface area contributed by atoms with Crippen LogP contribution in [0.25, 0.3) is 11.0 Å². The van der Waals surface area contributed by atoms with E-state index in [4.69, 9.17) is 9.47 Å². The molecule has 1 aliphatic rings. The normalized spacial score (nSPS) is 12.9. The molecule has 0 aliphatic carbocycles. The largest absolute Gasteiger partial charge is 0.465 e. The van der Waals surface area contributed by atoms with Gasteiger partial charge in [0.05, 0.1) is 36.9 Å². The number of hydrogen-bond donors (Lipinski definition) is 1. The van der Waals surface area contributed by atoms with Gasteiger partial charge in [-0.05, 0) is 37.1 Å². The molecule has 0 saturated heterocycles. The van der Waals surface area contributed by atoms with E-state index in [2.05, 4.69) is 15.3 Å². The molecule has 3 aromatic rings. The summed E-state index contributed by atoms with van der Waals surface area (Å²) in [5.74, 6) is -0.902. The number of esters is 1. The number of nitrogens with one attached hydrogen (secondary N) is 1. The summed E-state index contributed by atoms with van der Waals surface area (Å²) in [6.07, 6.45) is 3.21. The maximum atomic E-state index is 12.9. The third kappa shape index (κ3) is 4.06. The Bertz CT molecular complexity index is 1180. The topological polar surface area (TPSA) is 111 Å². The van der Waals surface area contributed by atoms with Crippen LogP contribution in [0.3, 0.4) is 0 Å². The highest BCUT2D eigenvalue weighted by atomic mass is 32.1. The van der Waals surface area contributed by atoms with E-state index in [0.717, 1.165) is 10.4 Å². The monoisotopic (exact) mass is 440 g/mol. The van der Waals surface area contributed by atoms with Crippen LogP contribution in [0.2, 0.25) is 0 Å². The Morgan fingerprint density at radius 1 is 1.19 bits per heavy atom. The highest BCUT2D eigenvalue weighted by Gasteiger charge is 2.31. The number of hydrogen-bond acceptors (Lipinski definition) is 8. The number of nitrogens with zero attached hydrogens (tertiary/aromatic N) is 3. The molecule has 1 aliphatic heterocycles. The Morgan fingerprint density at radius 3 is 2.71 bits per heavy atom. The number of anilines is 1. The molecule has 3 heterocycles. The van der Waals surface area contributed by atoms with Crippen molar-refractivity contribution >= 4 is 45.3 Å². The van der Waals surface area contributed by atoms with Crippen molar-refractivity contribution in [2.75, 3.05) is 25.6 Å². The van der Waals surface area contributed by atoms with Gasteiger partial charge in [-0.25, -0.2) is 9.59 Å². The summed E-state index contributed by atoms with van der Waals surface area (Å²) in [6, 6.07) is 5.01. The molecule has 0 radical (unpaired) electrons. The first-order valence-electron chi connectivity index (χ1n) is 9.68. The molecule has 2 aromatic heterocycles. The molecule has 0 bridgehead atoms. The van der Waals surface area contributed by atoms with Gasteiger partial charge in [0.1, 0.15) is 5.00 Å². The highest BCUT2D eigenvalue weighted by molar-refractivity contribution is 7.17. The first kappa shape index (κ1) is 20.7. The molecule has 2 amide bonds. The Hall–Kier alpha value is -3.53. The van der Waals surface area contributed by atoms with Gasteiger partial charge in [0.2, 0.25) is 0 Å². The lowest BCUT2D eigenvalue weighted by atomic mass is 10.0. The van der Waals surface area contributed by atoms with Crippen LogP contribution in [-0.4, -0.2) is 53.1 Å². The maximum absolute atomic E-state index is 12.9. The Labute approximate surface area is 182 Å². The summed E-state index contributed by atoms with van der Waals surface area (Å²) in [5, 5.41) is 3.22. The van der Waals surface area contributed by atoms with E-state index in [1.54, 1.807) is 42.4 Å². The van der Waals surface area contributed by atoms with Gasteiger partial charge in [0, 0.05) is 29.4 Å². The Balaban J connectivity index is 1.63. The minimum absolute atomic E-state index is 0.289. The third-order valence-electron chi connectivity index (χ3n) is 4.93. The van der Waals surface area contributed by atoms with Crippen molar-refractivity contribution in [2.24, 2.45) is 0 Å². The summed E-state index contributed by atoms with van der Waals surface area (Å²) in [6.45, 7) is 2.77. The van der Waals surface area contributed by atoms with Gasteiger partial charge >= 0.3 is 12.1 Å². The molecule has 160 valence electrons. The fraction of sp³-hybridized carbons (Fsp3) is 0.286. The fourth-order valence-electron chi connectivity index (χ4n) is 3.46. The highest BCUT2D eigenvalue weighted by Crippen LogP contribution is 2.38. The van der Waals surface area contributed by atoms with Crippen molar-refractivity contribution in [3.05, 3.63) is 52.2 Å². The van der Waals surface area contributed by atoms with Crippen LogP contribution in [0.1, 0.15) is 38.1 Å². The van der Waals surface area contributed by atoms with Crippen molar-refractivity contribution in [3.8, 4) is 0 Å². The Kier molecular flexibility index (Phi) is 5.81. The predicted octanol–water partition coefficient (Wildman–Crippen LogP) is 3.24. The van der Waals surface area contributed by atoms with Crippen molar-refractivity contribution in [1.82, 2.24) is 14.9 Å². The molecule has 1 N–H and O–H groups in total. The second kappa shape index (κ2) is 8.68. The molecular weight excluding hydrogens is 420 g/mol. The molecule has 0 unspecified atom stereocenters. The minimum Gasteiger partial charge on any atom is -0.465 e. The number of carbonyl (C=O) groups excluding carboxylic acids is 3.